The highest BCUT2D eigenvalue weighted by atomic mass is 16.3. The molecule has 0 unspecified atom stereocenters. The lowest BCUT2D eigenvalue weighted by Gasteiger charge is -2.05. The van der Waals surface area contributed by atoms with Gasteiger partial charge in [-0.25, -0.2) is 0 Å². The summed E-state index contributed by atoms with van der Waals surface area (Å²) in [5.74, 6) is -0.0277. The van der Waals surface area contributed by atoms with Crippen molar-refractivity contribution in [1.82, 2.24) is 5.32 Å². The third kappa shape index (κ3) is 14.4. The SMILES string of the molecule is CCNC(=O)/C=C(/C)CC/C=C(/CO)CC/C=C(\C)CCC=C(C)C. The summed E-state index contributed by atoms with van der Waals surface area (Å²) in [7, 11) is 0. The van der Waals surface area contributed by atoms with E-state index in [1.165, 1.54) is 11.1 Å². The number of nitrogens with one attached hydrogen (secondary N) is 1. The number of allylic oxidation sites excluding steroid dienone is 6. The van der Waals surface area contributed by atoms with Crippen molar-refractivity contribution in [3.63, 3.8) is 0 Å². The van der Waals surface area contributed by atoms with E-state index in [0.717, 1.165) is 49.7 Å². The summed E-state index contributed by atoms with van der Waals surface area (Å²) in [4.78, 5) is 11.5. The zero-order chi connectivity index (χ0) is 19.1. The van der Waals surface area contributed by atoms with Gasteiger partial charge in [-0.3, -0.25) is 4.79 Å². The predicted molar refractivity (Wildman–Crippen MR) is 108 cm³/mol. The van der Waals surface area contributed by atoms with Crippen LogP contribution in [0.3, 0.4) is 0 Å². The van der Waals surface area contributed by atoms with E-state index in [-0.39, 0.29) is 12.5 Å². The van der Waals surface area contributed by atoms with E-state index in [9.17, 15) is 9.90 Å². The van der Waals surface area contributed by atoms with Gasteiger partial charge in [0.2, 0.25) is 5.91 Å². The molecule has 25 heavy (non-hydrogen) atoms. The molecule has 0 radical (unpaired) electrons. The van der Waals surface area contributed by atoms with Crippen LogP contribution in [0.25, 0.3) is 0 Å². The smallest absolute Gasteiger partial charge is 0.243 e. The van der Waals surface area contributed by atoms with E-state index in [0.29, 0.717) is 6.54 Å². The van der Waals surface area contributed by atoms with Crippen molar-refractivity contribution in [2.45, 2.75) is 73.1 Å². The van der Waals surface area contributed by atoms with Crippen molar-refractivity contribution in [2.75, 3.05) is 13.2 Å². The van der Waals surface area contributed by atoms with Crippen LogP contribution in [0.2, 0.25) is 0 Å². The van der Waals surface area contributed by atoms with Gasteiger partial charge in [-0.1, -0.05) is 34.9 Å². The number of rotatable bonds is 12. The molecule has 0 spiro atoms. The van der Waals surface area contributed by atoms with Gasteiger partial charge in [0, 0.05) is 12.6 Å². The number of carbonyl (C=O) groups is 1. The summed E-state index contributed by atoms with van der Waals surface area (Å²) >= 11 is 0. The molecule has 0 saturated heterocycles. The molecule has 0 rings (SSSR count). The average molecular weight is 348 g/mol. The first kappa shape index (κ1) is 23.4. The molecule has 1 amide bonds. The number of likely N-dealkylation sites (N-methyl/N-ethyl adjacent to an activating group) is 1. The van der Waals surface area contributed by atoms with Crippen LogP contribution >= 0.6 is 0 Å². The number of hydrogen-bond acceptors (Lipinski definition) is 2. The van der Waals surface area contributed by atoms with Crippen LogP contribution in [-0.2, 0) is 4.79 Å². The molecule has 142 valence electrons. The van der Waals surface area contributed by atoms with E-state index in [2.05, 4.69) is 44.3 Å². The van der Waals surface area contributed by atoms with Crippen LogP contribution in [0.15, 0.2) is 46.6 Å². The van der Waals surface area contributed by atoms with E-state index in [1.807, 2.05) is 13.8 Å². The van der Waals surface area contributed by atoms with Crippen molar-refractivity contribution < 1.29 is 9.90 Å². The topological polar surface area (TPSA) is 49.3 Å². The molecule has 2 N–H and O–H groups in total. The fraction of sp³-hybridized carbons (Fsp3) is 0.591. The average Bonchev–Trinajstić information content (AvgIpc) is 2.53. The molecule has 0 aliphatic rings. The van der Waals surface area contributed by atoms with Gasteiger partial charge in [-0.15, -0.1) is 0 Å². The predicted octanol–water partition coefficient (Wildman–Crippen LogP) is 5.24. The van der Waals surface area contributed by atoms with Gasteiger partial charge in [0.05, 0.1) is 6.61 Å². The molecule has 0 aromatic carbocycles. The number of carbonyl (C=O) groups excluding carboxylic acids is 1. The van der Waals surface area contributed by atoms with Crippen molar-refractivity contribution in [3.8, 4) is 0 Å². The zero-order valence-corrected chi connectivity index (χ0v) is 16.8. The van der Waals surface area contributed by atoms with Gasteiger partial charge in [0.15, 0.2) is 0 Å². The van der Waals surface area contributed by atoms with E-state index < -0.39 is 0 Å². The number of hydrogen-bond donors (Lipinski definition) is 2. The Morgan fingerprint density at radius 3 is 2.08 bits per heavy atom. The van der Waals surface area contributed by atoms with Crippen LogP contribution in [-0.4, -0.2) is 24.2 Å². The Bertz CT molecular complexity index is 506. The minimum absolute atomic E-state index is 0.0277. The summed E-state index contributed by atoms with van der Waals surface area (Å²) in [6, 6.07) is 0. The molecule has 3 nitrogen and oxygen atoms in total. The summed E-state index contributed by atoms with van der Waals surface area (Å²) < 4.78 is 0. The maximum absolute atomic E-state index is 11.5. The lowest BCUT2D eigenvalue weighted by molar-refractivity contribution is -0.116. The monoisotopic (exact) mass is 347 g/mol. The quantitative estimate of drug-likeness (QED) is 0.374. The van der Waals surface area contributed by atoms with Gasteiger partial charge < -0.3 is 10.4 Å². The Hall–Kier alpha value is -1.61. The normalized spacial score (nSPS) is 13.0. The lowest BCUT2D eigenvalue weighted by Crippen LogP contribution is -2.20. The fourth-order valence-electron chi connectivity index (χ4n) is 2.47. The van der Waals surface area contributed by atoms with Gasteiger partial charge in [-0.05, 0) is 78.7 Å². The van der Waals surface area contributed by atoms with Crippen molar-refractivity contribution in [2.24, 2.45) is 0 Å². The van der Waals surface area contributed by atoms with E-state index in [4.69, 9.17) is 0 Å². The second-order valence-electron chi connectivity index (χ2n) is 6.85. The van der Waals surface area contributed by atoms with Crippen LogP contribution in [0.1, 0.15) is 73.1 Å². The summed E-state index contributed by atoms with van der Waals surface area (Å²) in [6.07, 6.45) is 14.1. The Kier molecular flexibility index (Phi) is 13.8. The van der Waals surface area contributed by atoms with Crippen LogP contribution in [0.5, 0.6) is 0 Å². The molecule has 0 fully saturated rings. The molecule has 0 heterocycles. The molecule has 3 heteroatoms. The van der Waals surface area contributed by atoms with Gasteiger partial charge in [0.25, 0.3) is 0 Å². The second kappa shape index (κ2) is 14.7. The summed E-state index contributed by atoms with van der Waals surface area (Å²) in [5, 5.41) is 12.3. The van der Waals surface area contributed by atoms with Crippen LogP contribution in [0.4, 0.5) is 0 Å². The molecule has 0 aromatic rings. The first-order valence-corrected chi connectivity index (χ1v) is 9.41. The first-order chi connectivity index (χ1) is 11.9. The Morgan fingerprint density at radius 1 is 0.880 bits per heavy atom. The molecule has 0 aliphatic heterocycles. The highest BCUT2D eigenvalue weighted by Gasteiger charge is 1.98. The minimum atomic E-state index is -0.0277. The van der Waals surface area contributed by atoms with Gasteiger partial charge in [-0.2, -0.15) is 0 Å². The first-order valence-electron chi connectivity index (χ1n) is 9.41. The minimum Gasteiger partial charge on any atom is -0.392 e. The zero-order valence-electron chi connectivity index (χ0n) is 16.8. The van der Waals surface area contributed by atoms with Crippen molar-refractivity contribution >= 4 is 5.91 Å². The lowest BCUT2D eigenvalue weighted by atomic mass is 10.0. The molecule has 0 aliphatic carbocycles. The third-order valence-electron chi connectivity index (χ3n) is 3.95. The molecule has 0 aromatic heterocycles. The standard InChI is InChI=1S/C22H37NO2/c1-6-23-22(25)16-20(5)13-9-15-21(17-24)14-8-12-19(4)11-7-10-18(2)3/h10,12,15-16,24H,6-9,11,13-14,17H2,1-5H3,(H,23,25)/b19-12+,20-16-,21-15+. The maximum atomic E-state index is 11.5. The molecular formula is C22H37NO2. The molecule has 0 bridgehead atoms. The molecule has 0 saturated carbocycles. The van der Waals surface area contributed by atoms with Crippen LogP contribution < -0.4 is 5.32 Å². The Morgan fingerprint density at radius 2 is 1.48 bits per heavy atom. The van der Waals surface area contributed by atoms with Crippen molar-refractivity contribution in [3.05, 3.63) is 46.6 Å². The second-order valence-corrected chi connectivity index (χ2v) is 6.85. The molecule has 0 atom stereocenters. The maximum Gasteiger partial charge on any atom is 0.243 e. The molecular weight excluding hydrogens is 310 g/mol. The van der Waals surface area contributed by atoms with Gasteiger partial charge in [0.1, 0.15) is 0 Å². The van der Waals surface area contributed by atoms with Crippen LogP contribution in [0, 0.1) is 0 Å². The third-order valence-corrected chi connectivity index (χ3v) is 3.95. The number of aliphatic hydroxyl groups excluding tert-OH is 1. The van der Waals surface area contributed by atoms with Gasteiger partial charge >= 0.3 is 0 Å². The summed E-state index contributed by atoms with van der Waals surface area (Å²) in [6.45, 7) is 11.1. The van der Waals surface area contributed by atoms with Crippen molar-refractivity contribution in [1.29, 1.82) is 0 Å². The number of amides is 1. The van der Waals surface area contributed by atoms with E-state index >= 15 is 0 Å². The fourth-order valence-corrected chi connectivity index (χ4v) is 2.47. The number of aliphatic hydroxyl groups is 1. The Labute approximate surface area is 154 Å². The highest BCUT2D eigenvalue weighted by molar-refractivity contribution is 5.88. The summed E-state index contributed by atoms with van der Waals surface area (Å²) in [5.41, 5.74) is 4.93. The largest absolute Gasteiger partial charge is 0.392 e. The van der Waals surface area contributed by atoms with E-state index in [1.54, 1.807) is 6.08 Å². The highest BCUT2D eigenvalue weighted by Crippen LogP contribution is 2.13. The Balaban J connectivity index is 4.25.